The Kier molecular flexibility index (Phi) is 8.40. The molecule has 2 aromatic carbocycles. The van der Waals surface area contributed by atoms with Gasteiger partial charge in [0.05, 0.1) is 0 Å². The van der Waals surface area contributed by atoms with E-state index in [9.17, 15) is 19.5 Å². The predicted octanol–water partition coefficient (Wildman–Crippen LogP) is 4.94. The maximum absolute atomic E-state index is 12.7. The molecule has 0 bridgehead atoms. The molecule has 2 N–H and O–H groups in total. The molecule has 0 aromatic heterocycles. The van der Waals surface area contributed by atoms with Crippen molar-refractivity contribution in [2.75, 3.05) is 19.7 Å². The van der Waals surface area contributed by atoms with Gasteiger partial charge < -0.3 is 20.1 Å². The van der Waals surface area contributed by atoms with E-state index in [-0.39, 0.29) is 24.9 Å². The third-order valence-electron chi connectivity index (χ3n) is 7.04. The number of ether oxygens (including phenoxy) is 1. The molecule has 7 nitrogen and oxygen atoms in total. The number of fused-ring (bicyclic) bond motifs is 3. The fourth-order valence-corrected chi connectivity index (χ4v) is 5.23. The van der Waals surface area contributed by atoms with Gasteiger partial charge in [0.2, 0.25) is 5.91 Å². The van der Waals surface area contributed by atoms with E-state index in [1.54, 1.807) is 4.90 Å². The molecule has 2 amide bonds. The van der Waals surface area contributed by atoms with Gasteiger partial charge in [-0.2, -0.15) is 0 Å². The summed E-state index contributed by atoms with van der Waals surface area (Å²) in [7, 11) is 0. The Balaban J connectivity index is 1.19. The quantitative estimate of drug-likeness (QED) is 0.524. The van der Waals surface area contributed by atoms with Gasteiger partial charge in [-0.1, -0.05) is 67.8 Å². The van der Waals surface area contributed by atoms with Crippen LogP contribution in [0.1, 0.15) is 68.4 Å². The lowest BCUT2D eigenvalue weighted by molar-refractivity contribution is -0.151. The van der Waals surface area contributed by atoms with Crippen molar-refractivity contribution < 1.29 is 24.2 Å². The van der Waals surface area contributed by atoms with Crippen molar-refractivity contribution in [1.82, 2.24) is 10.2 Å². The molecule has 2 aliphatic rings. The summed E-state index contributed by atoms with van der Waals surface area (Å²) >= 11 is 0. The molecule has 4 rings (SSSR count). The number of alkyl carbamates (subject to hydrolysis) is 1. The SMILES string of the molecule is O=C(NCCCCC(=O)N1CCCCCCC1C(=O)O)OCC1c2ccccc2-c2ccccc21. The summed E-state index contributed by atoms with van der Waals surface area (Å²) in [4.78, 5) is 38.1. The molecular weight excluding hydrogens is 444 g/mol. The average Bonchev–Trinajstić information content (AvgIpc) is 3.16. The zero-order valence-electron chi connectivity index (χ0n) is 20.1. The number of rotatable bonds is 8. The topological polar surface area (TPSA) is 95.9 Å². The molecule has 0 saturated carbocycles. The molecule has 1 aliphatic heterocycles. The van der Waals surface area contributed by atoms with E-state index in [2.05, 4.69) is 29.6 Å². The largest absolute Gasteiger partial charge is 0.480 e. The van der Waals surface area contributed by atoms with E-state index in [4.69, 9.17) is 4.74 Å². The van der Waals surface area contributed by atoms with Gasteiger partial charge in [0.15, 0.2) is 0 Å². The van der Waals surface area contributed by atoms with Gasteiger partial charge in [-0.25, -0.2) is 9.59 Å². The number of nitrogens with zero attached hydrogens (tertiary/aromatic N) is 1. The van der Waals surface area contributed by atoms with Gasteiger partial charge in [-0.05, 0) is 47.9 Å². The number of carbonyl (C=O) groups is 3. The molecule has 1 atom stereocenters. The Hall–Kier alpha value is -3.35. The Morgan fingerprint density at radius 1 is 0.914 bits per heavy atom. The number of aliphatic carboxylic acids is 1. The lowest BCUT2D eigenvalue weighted by Crippen LogP contribution is -2.46. The standard InChI is InChI=1S/C28H34N2O5/c31-26(30-18-10-2-1-3-15-25(30)27(32)33)16-8-9-17-29-28(34)35-19-24-22-13-6-4-11-20(22)21-12-5-7-14-23(21)24/h4-7,11-14,24-25H,1-3,8-10,15-19H2,(H,29,34)(H,32,33). The molecule has 35 heavy (non-hydrogen) atoms. The molecule has 0 spiro atoms. The first-order valence-electron chi connectivity index (χ1n) is 12.7. The highest BCUT2D eigenvalue weighted by molar-refractivity contribution is 5.83. The second kappa shape index (κ2) is 11.9. The van der Waals surface area contributed by atoms with Crippen LogP contribution in [-0.2, 0) is 14.3 Å². The summed E-state index contributed by atoms with van der Waals surface area (Å²) in [6, 6.07) is 15.7. The van der Waals surface area contributed by atoms with Gasteiger partial charge in [-0.15, -0.1) is 0 Å². The van der Waals surface area contributed by atoms with E-state index >= 15 is 0 Å². The van der Waals surface area contributed by atoms with Crippen LogP contribution in [0.5, 0.6) is 0 Å². The summed E-state index contributed by atoms with van der Waals surface area (Å²) in [5, 5.41) is 12.3. The Morgan fingerprint density at radius 3 is 2.26 bits per heavy atom. The van der Waals surface area contributed by atoms with E-state index in [0.717, 1.165) is 25.7 Å². The minimum absolute atomic E-state index is 0.0192. The van der Waals surface area contributed by atoms with Gasteiger partial charge in [0, 0.05) is 25.4 Å². The number of hydrogen-bond acceptors (Lipinski definition) is 4. The highest BCUT2D eigenvalue weighted by atomic mass is 16.5. The zero-order valence-corrected chi connectivity index (χ0v) is 20.1. The van der Waals surface area contributed by atoms with Crippen LogP contribution in [0, 0.1) is 0 Å². The minimum Gasteiger partial charge on any atom is -0.480 e. The Labute approximate surface area is 206 Å². The molecular formula is C28H34N2O5. The fraction of sp³-hybridized carbons (Fsp3) is 0.464. The van der Waals surface area contributed by atoms with Crippen molar-refractivity contribution in [3.63, 3.8) is 0 Å². The second-order valence-corrected chi connectivity index (χ2v) is 9.35. The number of likely N-dealkylation sites (tertiary alicyclic amines) is 1. The van der Waals surface area contributed by atoms with Crippen LogP contribution in [0.25, 0.3) is 11.1 Å². The second-order valence-electron chi connectivity index (χ2n) is 9.35. The average molecular weight is 479 g/mol. The number of carbonyl (C=O) groups excluding carboxylic acids is 2. The molecule has 186 valence electrons. The molecule has 2 aromatic rings. The normalized spacial score (nSPS) is 17.6. The number of nitrogens with one attached hydrogen (secondary N) is 1. The molecule has 1 heterocycles. The smallest absolute Gasteiger partial charge is 0.407 e. The van der Waals surface area contributed by atoms with Gasteiger partial charge >= 0.3 is 12.1 Å². The van der Waals surface area contributed by atoms with Crippen LogP contribution in [-0.4, -0.2) is 53.7 Å². The van der Waals surface area contributed by atoms with Gasteiger partial charge in [-0.3, -0.25) is 4.79 Å². The number of amides is 2. The summed E-state index contributed by atoms with van der Waals surface area (Å²) in [5.74, 6) is -1.01. The first-order valence-corrected chi connectivity index (χ1v) is 12.7. The van der Waals surface area contributed by atoms with Crippen molar-refractivity contribution in [2.45, 2.75) is 63.3 Å². The number of benzene rings is 2. The van der Waals surface area contributed by atoms with Crippen LogP contribution >= 0.6 is 0 Å². The van der Waals surface area contributed by atoms with Crippen molar-refractivity contribution in [2.24, 2.45) is 0 Å². The van der Waals surface area contributed by atoms with Crippen LogP contribution in [0.15, 0.2) is 48.5 Å². The van der Waals surface area contributed by atoms with Crippen molar-refractivity contribution in [3.05, 3.63) is 59.7 Å². The van der Waals surface area contributed by atoms with Crippen LogP contribution in [0.3, 0.4) is 0 Å². The highest BCUT2D eigenvalue weighted by Crippen LogP contribution is 2.44. The third-order valence-corrected chi connectivity index (χ3v) is 7.04. The Bertz CT molecular complexity index is 1010. The third kappa shape index (κ3) is 6.02. The fourth-order valence-electron chi connectivity index (χ4n) is 5.23. The molecule has 1 saturated heterocycles. The van der Waals surface area contributed by atoms with Crippen molar-refractivity contribution in [3.8, 4) is 11.1 Å². The first-order chi connectivity index (χ1) is 17.1. The monoisotopic (exact) mass is 478 g/mol. The van der Waals surface area contributed by atoms with Gasteiger partial charge in [0.1, 0.15) is 12.6 Å². The Morgan fingerprint density at radius 2 is 1.57 bits per heavy atom. The molecule has 1 unspecified atom stereocenters. The lowest BCUT2D eigenvalue weighted by Gasteiger charge is -2.31. The first kappa shape index (κ1) is 24.8. The van der Waals surface area contributed by atoms with Crippen LogP contribution < -0.4 is 5.32 Å². The van der Waals surface area contributed by atoms with Crippen LogP contribution in [0.4, 0.5) is 4.79 Å². The lowest BCUT2D eigenvalue weighted by atomic mass is 9.98. The summed E-state index contributed by atoms with van der Waals surface area (Å²) in [6.45, 7) is 1.18. The van der Waals surface area contributed by atoms with E-state index < -0.39 is 18.1 Å². The highest BCUT2D eigenvalue weighted by Gasteiger charge is 2.30. The van der Waals surface area contributed by atoms with E-state index in [0.29, 0.717) is 32.4 Å². The van der Waals surface area contributed by atoms with E-state index in [1.807, 2.05) is 24.3 Å². The maximum Gasteiger partial charge on any atom is 0.407 e. The van der Waals surface area contributed by atoms with Crippen molar-refractivity contribution in [1.29, 1.82) is 0 Å². The number of carboxylic acid groups (broad SMARTS) is 1. The van der Waals surface area contributed by atoms with Gasteiger partial charge in [0.25, 0.3) is 0 Å². The summed E-state index contributed by atoms with van der Waals surface area (Å²) < 4.78 is 5.54. The number of unbranched alkanes of at least 4 members (excludes halogenated alkanes) is 1. The molecule has 0 radical (unpaired) electrons. The zero-order chi connectivity index (χ0) is 24.6. The molecule has 1 fully saturated rings. The summed E-state index contributed by atoms with van der Waals surface area (Å²) in [5.41, 5.74) is 4.71. The molecule has 7 heteroatoms. The number of hydrogen-bond donors (Lipinski definition) is 2. The minimum atomic E-state index is -0.919. The van der Waals surface area contributed by atoms with Crippen molar-refractivity contribution >= 4 is 18.0 Å². The van der Waals surface area contributed by atoms with E-state index in [1.165, 1.54) is 22.3 Å². The predicted molar refractivity (Wildman–Crippen MR) is 133 cm³/mol. The molecule has 1 aliphatic carbocycles. The maximum atomic E-state index is 12.7. The van der Waals surface area contributed by atoms with Crippen LogP contribution in [0.2, 0.25) is 0 Å². The summed E-state index contributed by atoms with van der Waals surface area (Å²) in [6.07, 6.45) is 5.29. The number of carboxylic acids is 1.